The smallest absolute Gasteiger partial charge is 0.275 e. The maximum atomic E-state index is 13.1. The van der Waals surface area contributed by atoms with Gasteiger partial charge in [-0.1, -0.05) is 44.4 Å². The molecule has 4 N–H and O–H groups in total. The van der Waals surface area contributed by atoms with Gasteiger partial charge in [0.1, 0.15) is 18.2 Å². The molecule has 1 aliphatic rings. The molecule has 0 spiro atoms. The molecule has 1 aromatic heterocycles. The molecule has 2 heterocycles. The van der Waals surface area contributed by atoms with Crippen LogP contribution in [-0.2, 0) is 4.79 Å². The molecule has 0 radical (unpaired) electrons. The lowest BCUT2D eigenvalue weighted by molar-refractivity contribution is -0.125. The van der Waals surface area contributed by atoms with Crippen molar-refractivity contribution in [3.05, 3.63) is 57.8 Å². The Kier molecular flexibility index (Phi) is 8.71. The van der Waals surface area contributed by atoms with E-state index >= 15 is 0 Å². The molecule has 33 heavy (non-hydrogen) atoms. The van der Waals surface area contributed by atoms with Gasteiger partial charge in [-0.3, -0.25) is 14.6 Å². The number of carbonyl (C=O) groups is 2. The number of nitrogens with zero attached hydrogens (tertiary/aromatic N) is 4. The van der Waals surface area contributed by atoms with E-state index in [1.807, 2.05) is 34.5 Å². The first-order chi connectivity index (χ1) is 16.0. The second-order valence-corrected chi connectivity index (χ2v) is 8.53. The number of aliphatic imine (C=N–C) groups is 1. The highest BCUT2D eigenvalue weighted by Crippen LogP contribution is 2.30. The van der Waals surface area contributed by atoms with Gasteiger partial charge in [0.2, 0.25) is 0 Å². The number of benzene rings is 1. The molecule has 10 heteroatoms. The summed E-state index contributed by atoms with van der Waals surface area (Å²) in [7, 11) is 0. The lowest BCUT2D eigenvalue weighted by atomic mass is 9.97. The number of carbonyl (C=O) groups excluding carboxylic acids is 2. The quantitative estimate of drug-likeness (QED) is 0.192. The van der Waals surface area contributed by atoms with Crippen LogP contribution < -0.4 is 16.6 Å². The van der Waals surface area contributed by atoms with Gasteiger partial charge in [0.05, 0.1) is 17.5 Å². The van der Waals surface area contributed by atoms with Crippen molar-refractivity contribution in [1.82, 2.24) is 15.8 Å². The molecule has 2 aromatic rings. The highest BCUT2D eigenvalue weighted by molar-refractivity contribution is 7.13. The SMILES string of the molecule is C=NN/N=C(\N)CNC(=O)c1ccc([C@@H](CCCCC)N2CN=C(c3cccs3)C2=O)cc1. The molecule has 174 valence electrons. The Morgan fingerprint density at radius 2 is 2.09 bits per heavy atom. The van der Waals surface area contributed by atoms with E-state index in [1.165, 1.54) is 11.3 Å². The Morgan fingerprint density at radius 1 is 1.30 bits per heavy atom. The minimum Gasteiger partial charge on any atom is -0.384 e. The number of amides is 2. The Hall–Kier alpha value is -3.53. The Bertz CT molecular complexity index is 1020. The molecule has 2 amide bonds. The normalized spacial score (nSPS) is 14.7. The number of hydrogen-bond acceptors (Lipinski definition) is 7. The number of hydrogen-bond donors (Lipinski definition) is 3. The van der Waals surface area contributed by atoms with Crippen LogP contribution in [0.1, 0.15) is 59.4 Å². The van der Waals surface area contributed by atoms with Gasteiger partial charge in [-0.25, -0.2) is 0 Å². The van der Waals surface area contributed by atoms with E-state index in [2.05, 4.69) is 39.7 Å². The zero-order valence-electron chi connectivity index (χ0n) is 18.7. The first-order valence-electron chi connectivity index (χ1n) is 10.8. The molecular weight excluding hydrogens is 438 g/mol. The summed E-state index contributed by atoms with van der Waals surface area (Å²) in [5.74, 6) is -0.134. The average Bonchev–Trinajstić information content (AvgIpc) is 3.49. The summed E-state index contributed by atoms with van der Waals surface area (Å²) >= 11 is 1.52. The summed E-state index contributed by atoms with van der Waals surface area (Å²) in [5, 5.41) is 11.7. The largest absolute Gasteiger partial charge is 0.384 e. The van der Waals surface area contributed by atoms with Crippen LogP contribution in [0.4, 0.5) is 0 Å². The van der Waals surface area contributed by atoms with E-state index in [1.54, 1.807) is 12.1 Å². The Morgan fingerprint density at radius 3 is 2.76 bits per heavy atom. The van der Waals surface area contributed by atoms with Crippen molar-refractivity contribution in [1.29, 1.82) is 0 Å². The Balaban J connectivity index is 1.71. The molecule has 3 rings (SSSR count). The number of hydrazone groups is 2. The van der Waals surface area contributed by atoms with Crippen molar-refractivity contribution in [2.45, 2.75) is 38.6 Å². The van der Waals surface area contributed by atoms with Crippen molar-refractivity contribution in [3.63, 3.8) is 0 Å². The van der Waals surface area contributed by atoms with E-state index in [0.717, 1.165) is 36.1 Å². The third kappa shape index (κ3) is 6.26. The highest BCUT2D eigenvalue weighted by Gasteiger charge is 2.33. The molecule has 0 aliphatic carbocycles. The number of unbranched alkanes of at least 4 members (excludes halogenated alkanes) is 2. The molecule has 1 aliphatic heterocycles. The molecule has 0 unspecified atom stereocenters. The van der Waals surface area contributed by atoms with Gasteiger partial charge in [0.25, 0.3) is 11.8 Å². The standard InChI is InChI=1S/C23H29N7O2S/c1-3-4-5-7-18(30-15-27-21(23(30)32)19-8-6-13-33-19)16-9-11-17(12-10-16)22(31)26-14-20(24)28-29-25-2/h6,8-13,18,29H,2-5,7,14-15H2,1H3,(H2,24,28)(H,26,31)/t18-/m1/s1. The van der Waals surface area contributed by atoms with E-state index < -0.39 is 0 Å². The fraction of sp³-hybridized carbons (Fsp3) is 0.348. The highest BCUT2D eigenvalue weighted by atomic mass is 32.1. The lowest BCUT2D eigenvalue weighted by Gasteiger charge is -2.28. The summed E-state index contributed by atoms with van der Waals surface area (Å²) in [5.41, 5.74) is 9.97. The molecule has 1 atom stereocenters. The van der Waals surface area contributed by atoms with Gasteiger partial charge in [0.15, 0.2) is 0 Å². The van der Waals surface area contributed by atoms with Crippen LogP contribution >= 0.6 is 11.3 Å². The maximum Gasteiger partial charge on any atom is 0.275 e. The monoisotopic (exact) mass is 467 g/mol. The van der Waals surface area contributed by atoms with Gasteiger partial charge in [0, 0.05) is 12.3 Å². The van der Waals surface area contributed by atoms with E-state index in [-0.39, 0.29) is 30.2 Å². The van der Waals surface area contributed by atoms with Crippen LogP contribution in [-0.4, -0.2) is 48.2 Å². The second kappa shape index (κ2) is 11.9. The van der Waals surface area contributed by atoms with Crippen molar-refractivity contribution in [2.24, 2.45) is 20.9 Å². The van der Waals surface area contributed by atoms with Crippen molar-refractivity contribution in [2.75, 3.05) is 13.2 Å². The van der Waals surface area contributed by atoms with Crippen LogP contribution in [0.2, 0.25) is 0 Å². The fourth-order valence-electron chi connectivity index (χ4n) is 3.61. The van der Waals surface area contributed by atoms with Crippen LogP contribution in [0.25, 0.3) is 0 Å². The Labute approximate surface area is 197 Å². The fourth-order valence-corrected chi connectivity index (χ4v) is 4.33. The topological polar surface area (TPSA) is 125 Å². The van der Waals surface area contributed by atoms with Crippen molar-refractivity contribution in [3.8, 4) is 0 Å². The number of rotatable bonds is 12. The molecule has 9 nitrogen and oxygen atoms in total. The summed E-state index contributed by atoms with van der Waals surface area (Å²) in [6, 6.07) is 11.1. The maximum absolute atomic E-state index is 13.1. The van der Waals surface area contributed by atoms with Gasteiger partial charge in [-0.2, -0.15) is 10.6 Å². The minimum absolute atomic E-state index is 0.0434. The van der Waals surface area contributed by atoms with Gasteiger partial charge in [-0.05, 0) is 35.6 Å². The molecule has 0 fully saturated rings. The lowest BCUT2D eigenvalue weighted by Crippen LogP contribution is -2.35. The zero-order valence-corrected chi connectivity index (χ0v) is 19.5. The first kappa shape index (κ1) is 24.1. The van der Waals surface area contributed by atoms with E-state index in [9.17, 15) is 9.59 Å². The number of nitrogens with one attached hydrogen (secondary N) is 2. The minimum atomic E-state index is -0.269. The van der Waals surface area contributed by atoms with Crippen LogP contribution in [0.3, 0.4) is 0 Å². The number of nitrogens with two attached hydrogens (primary N) is 1. The predicted molar refractivity (Wildman–Crippen MR) is 133 cm³/mol. The molecule has 1 aromatic carbocycles. The van der Waals surface area contributed by atoms with E-state index in [0.29, 0.717) is 17.9 Å². The molecule has 0 saturated carbocycles. The van der Waals surface area contributed by atoms with Crippen LogP contribution in [0.15, 0.2) is 57.0 Å². The van der Waals surface area contributed by atoms with Gasteiger partial charge < -0.3 is 16.0 Å². The van der Waals surface area contributed by atoms with Gasteiger partial charge in [-0.15, -0.1) is 16.4 Å². The van der Waals surface area contributed by atoms with E-state index in [4.69, 9.17) is 5.73 Å². The average molecular weight is 468 g/mol. The summed E-state index contributed by atoms with van der Waals surface area (Å²) < 4.78 is 0. The van der Waals surface area contributed by atoms with Crippen molar-refractivity contribution >= 4 is 41.4 Å². The third-order valence-corrected chi connectivity index (χ3v) is 6.19. The summed E-state index contributed by atoms with van der Waals surface area (Å²) in [4.78, 5) is 32.8. The van der Waals surface area contributed by atoms with Gasteiger partial charge >= 0.3 is 0 Å². The molecule has 0 saturated heterocycles. The predicted octanol–water partition coefficient (Wildman–Crippen LogP) is 2.87. The third-order valence-electron chi connectivity index (χ3n) is 5.31. The van der Waals surface area contributed by atoms with Crippen LogP contribution in [0, 0.1) is 0 Å². The zero-order chi connectivity index (χ0) is 23.6. The number of thiophene rings is 1. The first-order valence-corrected chi connectivity index (χ1v) is 11.7. The molecular formula is C23H29N7O2S. The number of amidine groups is 1. The van der Waals surface area contributed by atoms with Crippen LogP contribution in [0.5, 0.6) is 0 Å². The van der Waals surface area contributed by atoms with Crippen molar-refractivity contribution < 1.29 is 9.59 Å². The second-order valence-electron chi connectivity index (χ2n) is 7.58. The summed E-state index contributed by atoms with van der Waals surface area (Å²) in [6.07, 6.45) is 4.04. The summed E-state index contributed by atoms with van der Waals surface area (Å²) in [6.45, 7) is 5.81. The molecule has 0 bridgehead atoms.